The van der Waals surface area contributed by atoms with E-state index in [0.717, 1.165) is 5.69 Å². The van der Waals surface area contributed by atoms with Crippen LogP contribution in [0.2, 0.25) is 0 Å². The van der Waals surface area contributed by atoms with Gasteiger partial charge in [0.15, 0.2) is 0 Å². The molecule has 0 unspecified atom stereocenters. The summed E-state index contributed by atoms with van der Waals surface area (Å²) in [5, 5.41) is 5.75. The predicted molar refractivity (Wildman–Crippen MR) is 77.1 cm³/mol. The van der Waals surface area contributed by atoms with Crippen LogP contribution in [0.3, 0.4) is 0 Å². The minimum atomic E-state index is -0.187. The number of nitrogens with zero attached hydrogens (tertiary/aromatic N) is 1. The van der Waals surface area contributed by atoms with Crippen LogP contribution in [0.1, 0.15) is 12.5 Å². The lowest BCUT2D eigenvalue weighted by molar-refractivity contribution is -0.114. The van der Waals surface area contributed by atoms with Crippen molar-refractivity contribution in [2.24, 2.45) is 0 Å². The minimum absolute atomic E-state index is 0.155. The second kappa shape index (κ2) is 6.65. The average molecular weight is 273 g/mol. The molecule has 2 N–H and O–H groups in total. The third-order valence-corrected chi connectivity index (χ3v) is 2.75. The van der Waals surface area contributed by atoms with Crippen LogP contribution >= 0.6 is 0 Å². The van der Waals surface area contributed by atoms with Crippen molar-refractivity contribution in [1.82, 2.24) is 4.98 Å². The van der Waals surface area contributed by atoms with E-state index in [-0.39, 0.29) is 11.7 Å². The van der Waals surface area contributed by atoms with E-state index in [1.165, 1.54) is 13.0 Å². The molecule has 20 heavy (non-hydrogen) atoms. The summed E-state index contributed by atoms with van der Waals surface area (Å²) >= 11 is 0. The van der Waals surface area contributed by atoms with E-state index in [1.807, 2.05) is 12.1 Å². The first-order chi connectivity index (χ1) is 9.65. The van der Waals surface area contributed by atoms with Crippen molar-refractivity contribution in [3.05, 3.63) is 54.0 Å². The van der Waals surface area contributed by atoms with E-state index in [2.05, 4.69) is 15.6 Å². The van der Waals surface area contributed by atoms with Crippen LogP contribution in [-0.2, 0) is 11.2 Å². The van der Waals surface area contributed by atoms with Gasteiger partial charge < -0.3 is 10.6 Å². The van der Waals surface area contributed by atoms with Crippen molar-refractivity contribution >= 4 is 17.4 Å². The van der Waals surface area contributed by atoms with Gasteiger partial charge in [0.05, 0.1) is 11.9 Å². The molecule has 0 spiro atoms. The summed E-state index contributed by atoms with van der Waals surface area (Å²) in [7, 11) is 0. The highest BCUT2D eigenvalue weighted by Crippen LogP contribution is 2.11. The van der Waals surface area contributed by atoms with Gasteiger partial charge in [0.25, 0.3) is 0 Å². The van der Waals surface area contributed by atoms with Crippen LogP contribution in [0.4, 0.5) is 15.9 Å². The van der Waals surface area contributed by atoms with Gasteiger partial charge in [-0.05, 0) is 30.2 Å². The zero-order valence-corrected chi connectivity index (χ0v) is 11.2. The van der Waals surface area contributed by atoms with Crippen LogP contribution in [-0.4, -0.2) is 17.4 Å². The van der Waals surface area contributed by atoms with Crippen LogP contribution in [0, 0.1) is 5.82 Å². The van der Waals surface area contributed by atoms with Gasteiger partial charge >= 0.3 is 0 Å². The Morgan fingerprint density at radius 2 is 2.05 bits per heavy atom. The summed E-state index contributed by atoms with van der Waals surface area (Å²) in [6.07, 6.45) is 2.23. The lowest BCUT2D eigenvalue weighted by Gasteiger charge is -2.07. The topological polar surface area (TPSA) is 54.0 Å². The summed E-state index contributed by atoms with van der Waals surface area (Å²) < 4.78 is 13.4. The molecule has 104 valence electrons. The van der Waals surface area contributed by atoms with Gasteiger partial charge in [-0.25, -0.2) is 9.37 Å². The van der Waals surface area contributed by atoms with Crippen LogP contribution in [0.15, 0.2) is 42.6 Å². The van der Waals surface area contributed by atoms with E-state index < -0.39 is 0 Å². The lowest BCUT2D eigenvalue weighted by atomic mass is 10.1. The van der Waals surface area contributed by atoms with Crippen molar-refractivity contribution in [2.75, 3.05) is 17.2 Å². The second-order valence-electron chi connectivity index (χ2n) is 4.38. The smallest absolute Gasteiger partial charge is 0.222 e. The molecular weight excluding hydrogens is 257 g/mol. The minimum Gasteiger partial charge on any atom is -0.383 e. The van der Waals surface area contributed by atoms with Gasteiger partial charge in [-0.1, -0.05) is 18.2 Å². The van der Waals surface area contributed by atoms with E-state index in [4.69, 9.17) is 0 Å². The van der Waals surface area contributed by atoms with Crippen molar-refractivity contribution in [2.45, 2.75) is 13.3 Å². The summed E-state index contributed by atoms with van der Waals surface area (Å²) in [5.74, 6) is 0.170. The third-order valence-electron chi connectivity index (χ3n) is 2.75. The summed E-state index contributed by atoms with van der Waals surface area (Å²) in [5.41, 5.74) is 1.51. The number of rotatable bonds is 5. The Labute approximate surface area is 117 Å². The Morgan fingerprint density at radius 1 is 1.25 bits per heavy atom. The monoisotopic (exact) mass is 273 g/mol. The van der Waals surface area contributed by atoms with E-state index in [9.17, 15) is 9.18 Å². The molecule has 1 amide bonds. The molecule has 5 heteroatoms. The van der Waals surface area contributed by atoms with Crippen molar-refractivity contribution in [1.29, 1.82) is 0 Å². The molecule has 0 fully saturated rings. The maximum absolute atomic E-state index is 13.4. The Morgan fingerprint density at radius 3 is 2.70 bits per heavy atom. The zero-order valence-electron chi connectivity index (χ0n) is 11.2. The number of nitrogens with one attached hydrogen (secondary N) is 2. The molecule has 1 aromatic carbocycles. The van der Waals surface area contributed by atoms with Gasteiger partial charge in [-0.2, -0.15) is 0 Å². The molecule has 0 saturated heterocycles. The highest BCUT2D eigenvalue weighted by molar-refractivity contribution is 5.87. The maximum atomic E-state index is 13.4. The quantitative estimate of drug-likeness (QED) is 0.880. The number of hydrogen-bond donors (Lipinski definition) is 2. The SMILES string of the molecule is CC(=O)Nc1ccc(NCCc2ccccc2F)cn1. The number of amides is 1. The first-order valence-electron chi connectivity index (χ1n) is 6.36. The highest BCUT2D eigenvalue weighted by Gasteiger charge is 2.01. The molecule has 2 aromatic rings. The Kier molecular flexibility index (Phi) is 4.65. The molecule has 0 bridgehead atoms. The molecule has 0 aliphatic rings. The summed E-state index contributed by atoms with van der Waals surface area (Å²) in [4.78, 5) is 15.0. The fraction of sp³-hybridized carbons (Fsp3) is 0.200. The Balaban J connectivity index is 1.85. The Hall–Kier alpha value is -2.43. The number of hydrogen-bond acceptors (Lipinski definition) is 3. The van der Waals surface area contributed by atoms with E-state index in [1.54, 1.807) is 24.4 Å². The molecule has 2 rings (SSSR count). The number of pyridine rings is 1. The molecule has 1 heterocycles. The summed E-state index contributed by atoms with van der Waals surface area (Å²) in [6.45, 7) is 2.05. The van der Waals surface area contributed by atoms with Crippen LogP contribution < -0.4 is 10.6 Å². The molecule has 0 aliphatic carbocycles. The zero-order chi connectivity index (χ0) is 14.4. The van der Waals surface area contributed by atoms with Crippen LogP contribution in [0.5, 0.6) is 0 Å². The Bertz CT molecular complexity index is 584. The van der Waals surface area contributed by atoms with Crippen molar-refractivity contribution in [3.8, 4) is 0 Å². The number of benzene rings is 1. The van der Waals surface area contributed by atoms with Gasteiger partial charge in [-0.3, -0.25) is 4.79 Å². The molecule has 0 atom stereocenters. The normalized spacial score (nSPS) is 10.1. The summed E-state index contributed by atoms with van der Waals surface area (Å²) in [6, 6.07) is 10.3. The molecule has 1 aromatic heterocycles. The first-order valence-corrected chi connectivity index (χ1v) is 6.36. The molecule has 0 aliphatic heterocycles. The van der Waals surface area contributed by atoms with Crippen molar-refractivity contribution in [3.63, 3.8) is 0 Å². The fourth-order valence-electron chi connectivity index (χ4n) is 1.80. The molecular formula is C15H16FN3O. The number of halogens is 1. The number of aromatic nitrogens is 1. The van der Waals surface area contributed by atoms with Gasteiger partial charge in [-0.15, -0.1) is 0 Å². The second-order valence-corrected chi connectivity index (χ2v) is 4.38. The average Bonchev–Trinajstić information content (AvgIpc) is 2.42. The number of carbonyl (C=O) groups is 1. The van der Waals surface area contributed by atoms with Gasteiger partial charge in [0, 0.05) is 13.5 Å². The van der Waals surface area contributed by atoms with Gasteiger partial charge in [0.2, 0.25) is 5.91 Å². The maximum Gasteiger partial charge on any atom is 0.222 e. The van der Waals surface area contributed by atoms with E-state index >= 15 is 0 Å². The largest absolute Gasteiger partial charge is 0.383 e. The number of carbonyl (C=O) groups excluding carboxylic acids is 1. The fourth-order valence-corrected chi connectivity index (χ4v) is 1.80. The van der Waals surface area contributed by atoms with Crippen molar-refractivity contribution < 1.29 is 9.18 Å². The highest BCUT2D eigenvalue weighted by atomic mass is 19.1. The van der Waals surface area contributed by atoms with E-state index in [0.29, 0.717) is 24.3 Å². The van der Waals surface area contributed by atoms with Crippen LogP contribution in [0.25, 0.3) is 0 Å². The predicted octanol–water partition coefficient (Wildman–Crippen LogP) is 2.83. The molecule has 0 radical (unpaired) electrons. The lowest BCUT2D eigenvalue weighted by Crippen LogP contribution is -2.09. The number of anilines is 2. The third kappa shape index (κ3) is 4.05. The van der Waals surface area contributed by atoms with Gasteiger partial charge in [0.1, 0.15) is 11.6 Å². The first kappa shape index (κ1) is 14.0. The molecule has 0 saturated carbocycles. The standard InChI is InChI=1S/C15H16FN3O/c1-11(20)19-15-7-6-13(10-18-15)17-9-8-12-4-2-3-5-14(12)16/h2-7,10,17H,8-9H2,1H3,(H,18,19,20). The molecule has 4 nitrogen and oxygen atoms in total.